The molecule has 1 amide bonds. The predicted molar refractivity (Wildman–Crippen MR) is 103 cm³/mol. The number of likely N-dealkylation sites (tertiary alicyclic amines) is 1. The summed E-state index contributed by atoms with van der Waals surface area (Å²) in [6, 6.07) is 11.4. The van der Waals surface area contributed by atoms with Gasteiger partial charge in [-0.2, -0.15) is 5.10 Å². The molecule has 28 heavy (non-hydrogen) atoms. The zero-order valence-corrected chi connectivity index (χ0v) is 15.3. The van der Waals surface area contributed by atoms with Crippen LogP contribution in [0.2, 0.25) is 0 Å². The average molecular weight is 376 g/mol. The number of carbonyl (C=O) groups is 1. The highest BCUT2D eigenvalue weighted by Crippen LogP contribution is 2.22. The summed E-state index contributed by atoms with van der Waals surface area (Å²) in [6.45, 7) is 2.02. The van der Waals surface area contributed by atoms with Crippen molar-refractivity contribution >= 4 is 22.5 Å². The standard InChI is InChI=1S/C20H20N6O2/c27-20(19-15-3-1-2-4-16(15)22-23-19)25-10-7-14(8-11-25)13-28-18-6-5-17-21-9-12-26(17)24-18/h1-6,9,12,14H,7-8,10-11,13H2,(H,22,23). The first-order valence-corrected chi connectivity index (χ1v) is 9.43. The quantitative estimate of drug-likeness (QED) is 0.591. The van der Waals surface area contributed by atoms with Gasteiger partial charge in [0, 0.05) is 36.9 Å². The van der Waals surface area contributed by atoms with Gasteiger partial charge in [-0.15, -0.1) is 5.10 Å². The van der Waals surface area contributed by atoms with Gasteiger partial charge in [-0.1, -0.05) is 18.2 Å². The van der Waals surface area contributed by atoms with Gasteiger partial charge in [0.1, 0.15) is 0 Å². The first-order chi connectivity index (χ1) is 13.8. The van der Waals surface area contributed by atoms with E-state index in [0.717, 1.165) is 29.4 Å². The van der Waals surface area contributed by atoms with Crippen molar-refractivity contribution in [1.82, 2.24) is 29.7 Å². The molecule has 1 aliphatic rings. The lowest BCUT2D eigenvalue weighted by Gasteiger charge is -2.31. The maximum absolute atomic E-state index is 12.9. The van der Waals surface area contributed by atoms with Crippen molar-refractivity contribution < 1.29 is 9.53 Å². The molecule has 4 heterocycles. The first kappa shape index (κ1) is 16.7. The Kier molecular flexibility index (Phi) is 4.16. The normalized spacial score (nSPS) is 15.4. The topological polar surface area (TPSA) is 88.4 Å². The maximum Gasteiger partial charge on any atom is 0.274 e. The molecule has 5 rings (SSSR count). The third-order valence-electron chi connectivity index (χ3n) is 5.27. The zero-order valence-electron chi connectivity index (χ0n) is 15.3. The Morgan fingerprint density at radius 1 is 1.18 bits per heavy atom. The molecule has 0 unspecified atom stereocenters. The fraction of sp³-hybridized carbons (Fsp3) is 0.300. The summed E-state index contributed by atoms with van der Waals surface area (Å²) in [4.78, 5) is 18.9. The van der Waals surface area contributed by atoms with E-state index < -0.39 is 0 Å². The minimum absolute atomic E-state index is 0.0101. The Morgan fingerprint density at radius 3 is 2.93 bits per heavy atom. The van der Waals surface area contributed by atoms with Gasteiger partial charge in [-0.25, -0.2) is 9.50 Å². The van der Waals surface area contributed by atoms with E-state index >= 15 is 0 Å². The average Bonchev–Trinajstić information content (AvgIpc) is 3.38. The molecule has 0 saturated carbocycles. The molecule has 142 valence electrons. The van der Waals surface area contributed by atoms with Gasteiger partial charge < -0.3 is 9.64 Å². The van der Waals surface area contributed by atoms with Crippen molar-refractivity contribution in [3.05, 3.63) is 54.5 Å². The zero-order chi connectivity index (χ0) is 18.9. The number of nitrogens with one attached hydrogen (secondary N) is 1. The molecule has 1 saturated heterocycles. The number of hydrogen-bond donors (Lipinski definition) is 1. The molecule has 0 radical (unpaired) electrons. The van der Waals surface area contributed by atoms with Crippen molar-refractivity contribution in [2.75, 3.05) is 19.7 Å². The number of ether oxygens (including phenoxy) is 1. The van der Waals surface area contributed by atoms with Gasteiger partial charge in [-0.3, -0.25) is 9.89 Å². The van der Waals surface area contributed by atoms with Crippen molar-refractivity contribution in [3.8, 4) is 5.88 Å². The van der Waals surface area contributed by atoms with Crippen LogP contribution in [0.3, 0.4) is 0 Å². The van der Waals surface area contributed by atoms with Crippen LogP contribution in [-0.2, 0) is 0 Å². The molecule has 1 aliphatic heterocycles. The molecule has 8 nitrogen and oxygen atoms in total. The van der Waals surface area contributed by atoms with Crippen LogP contribution in [-0.4, -0.2) is 55.3 Å². The smallest absolute Gasteiger partial charge is 0.274 e. The number of para-hydroxylation sites is 1. The highest BCUT2D eigenvalue weighted by Gasteiger charge is 2.26. The Bertz CT molecular complexity index is 1130. The van der Waals surface area contributed by atoms with E-state index in [4.69, 9.17) is 4.74 Å². The van der Waals surface area contributed by atoms with Crippen molar-refractivity contribution in [2.24, 2.45) is 5.92 Å². The summed E-state index contributed by atoms with van der Waals surface area (Å²) >= 11 is 0. The number of aromatic amines is 1. The molecular formula is C20H20N6O2. The number of fused-ring (bicyclic) bond motifs is 2. The largest absolute Gasteiger partial charge is 0.476 e. The van der Waals surface area contributed by atoms with Crippen LogP contribution in [0.4, 0.5) is 0 Å². The lowest BCUT2D eigenvalue weighted by Crippen LogP contribution is -2.40. The van der Waals surface area contributed by atoms with E-state index in [9.17, 15) is 4.79 Å². The van der Waals surface area contributed by atoms with Crippen LogP contribution >= 0.6 is 0 Å². The van der Waals surface area contributed by atoms with E-state index in [1.807, 2.05) is 41.3 Å². The Morgan fingerprint density at radius 2 is 2.04 bits per heavy atom. The lowest BCUT2D eigenvalue weighted by atomic mass is 9.97. The first-order valence-electron chi connectivity index (χ1n) is 9.43. The van der Waals surface area contributed by atoms with Crippen LogP contribution < -0.4 is 4.74 Å². The minimum atomic E-state index is -0.0101. The molecule has 1 N–H and O–H groups in total. The Balaban J connectivity index is 1.18. The molecule has 0 atom stereocenters. The SMILES string of the molecule is O=C(c1n[nH]c2ccccc12)N1CCC(COc2ccc3nccn3n2)CC1. The fourth-order valence-electron chi connectivity index (χ4n) is 3.66. The molecule has 1 fully saturated rings. The number of carbonyl (C=O) groups excluding carboxylic acids is 1. The summed E-state index contributed by atoms with van der Waals surface area (Å²) in [5.74, 6) is 0.983. The summed E-state index contributed by atoms with van der Waals surface area (Å²) in [5.41, 5.74) is 2.18. The molecular weight excluding hydrogens is 356 g/mol. The van der Waals surface area contributed by atoms with Crippen molar-refractivity contribution in [1.29, 1.82) is 0 Å². The monoisotopic (exact) mass is 376 g/mol. The lowest BCUT2D eigenvalue weighted by molar-refractivity contribution is 0.0655. The Labute approximate surface area is 161 Å². The van der Waals surface area contributed by atoms with E-state index in [0.29, 0.717) is 37.2 Å². The van der Waals surface area contributed by atoms with Crippen LogP contribution in [0, 0.1) is 5.92 Å². The molecule has 4 aromatic rings. The highest BCUT2D eigenvalue weighted by molar-refractivity contribution is 6.04. The van der Waals surface area contributed by atoms with E-state index in [2.05, 4.69) is 20.3 Å². The molecule has 0 spiro atoms. The third kappa shape index (κ3) is 3.06. The van der Waals surface area contributed by atoms with Gasteiger partial charge in [0.2, 0.25) is 5.88 Å². The molecule has 0 bridgehead atoms. The van der Waals surface area contributed by atoms with Crippen molar-refractivity contribution in [3.63, 3.8) is 0 Å². The molecule has 1 aromatic carbocycles. The minimum Gasteiger partial charge on any atom is -0.476 e. The fourth-order valence-corrected chi connectivity index (χ4v) is 3.66. The number of aromatic nitrogens is 5. The van der Waals surface area contributed by atoms with E-state index in [1.165, 1.54) is 0 Å². The van der Waals surface area contributed by atoms with Gasteiger partial charge in [0.05, 0.1) is 12.1 Å². The second-order valence-corrected chi connectivity index (χ2v) is 7.07. The van der Waals surface area contributed by atoms with Gasteiger partial charge >= 0.3 is 0 Å². The number of imidazole rings is 1. The Hall–Kier alpha value is -3.42. The summed E-state index contributed by atoms with van der Waals surface area (Å²) in [5, 5.41) is 12.4. The number of amides is 1. The molecule has 8 heteroatoms. The van der Waals surface area contributed by atoms with Crippen LogP contribution in [0.15, 0.2) is 48.8 Å². The van der Waals surface area contributed by atoms with E-state index in [1.54, 1.807) is 16.9 Å². The second kappa shape index (κ2) is 6.95. The summed E-state index contributed by atoms with van der Waals surface area (Å²) in [7, 11) is 0. The van der Waals surface area contributed by atoms with Gasteiger partial charge in [0.25, 0.3) is 5.91 Å². The van der Waals surface area contributed by atoms with Crippen molar-refractivity contribution in [2.45, 2.75) is 12.8 Å². The number of benzene rings is 1. The number of piperidine rings is 1. The second-order valence-electron chi connectivity index (χ2n) is 7.07. The number of nitrogens with zero attached hydrogens (tertiary/aromatic N) is 5. The van der Waals surface area contributed by atoms with Gasteiger partial charge in [-0.05, 0) is 30.9 Å². The van der Waals surface area contributed by atoms with E-state index in [-0.39, 0.29) is 5.91 Å². The van der Waals surface area contributed by atoms with Crippen LogP contribution in [0.5, 0.6) is 5.88 Å². The number of hydrogen-bond acceptors (Lipinski definition) is 5. The van der Waals surface area contributed by atoms with Crippen LogP contribution in [0.25, 0.3) is 16.6 Å². The number of H-pyrrole nitrogens is 1. The maximum atomic E-state index is 12.9. The third-order valence-corrected chi connectivity index (χ3v) is 5.27. The molecule has 3 aromatic heterocycles. The predicted octanol–water partition coefficient (Wildman–Crippen LogP) is 2.54. The van der Waals surface area contributed by atoms with Crippen LogP contribution in [0.1, 0.15) is 23.3 Å². The summed E-state index contributed by atoms with van der Waals surface area (Å²) in [6.07, 6.45) is 5.31. The summed E-state index contributed by atoms with van der Waals surface area (Å²) < 4.78 is 7.57. The number of rotatable bonds is 4. The highest BCUT2D eigenvalue weighted by atomic mass is 16.5. The van der Waals surface area contributed by atoms with Gasteiger partial charge in [0.15, 0.2) is 11.3 Å². The molecule has 0 aliphatic carbocycles.